The molecule has 0 aliphatic carbocycles. The van der Waals surface area contributed by atoms with Crippen molar-refractivity contribution in [2.45, 2.75) is 26.7 Å². The number of nitrogens with zero attached hydrogens (tertiary/aromatic N) is 3. The van der Waals surface area contributed by atoms with Crippen LogP contribution in [0.15, 0.2) is 0 Å². The van der Waals surface area contributed by atoms with Crippen LogP contribution in [-0.4, -0.2) is 75.4 Å². The van der Waals surface area contributed by atoms with Gasteiger partial charge in [-0.25, -0.2) is 0 Å². The van der Waals surface area contributed by atoms with Crippen molar-refractivity contribution in [1.82, 2.24) is 9.80 Å². The molecular weight excluding hydrogens is 270 g/mol. The summed E-state index contributed by atoms with van der Waals surface area (Å²) in [5, 5.41) is 8.53. The van der Waals surface area contributed by atoms with E-state index in [0.717, 1.165) is 13.1 Å². The lowest BCUT2D eigenvalue weighted by molar-refractivity contribution is -0.130. The van der Waals surface area contributed by atoms with E-state index in [9.17, 15) is 4.79 Å². The standard InChI is InChI=1S/C15H29N3O3/c1-4-20-13-11-18(12-14-21-5-2)10-7-15(19)17(3)9-6-8-16/h4-7,9-14H2,1-3H3. The smallest absolute Gasteiger partial charge is 0.223 e. The maximum atomic E-state index is 11.9. The Kier molecular flexibility index (Phi) is 13.0. The van der Waals surface area contributed by atoms with Gasteiger partial charge in [-0.15, -0.1) is 0 Å². The van der Waals surface area contributed by atoms with Crippen LogP contribution in [0, 0.1) is 11.3 Å². The zero-order valence-corrected chi connectivity index (χ0v) is 13.6. The van der Waals surface area contributed by atoms with E-state index < -0.39 is 0 Å². The molecule has 0 aromatic rings. The molecule has 0 heterocycles. The van der Waals surface area contributed by atoms with Crippen LogP contribution in [0.4, 0.5) is 0 Å². The van der Waals surface area contributed by atoms with E-state index >= 15 is 0 Å². The minimum Gasteiger partial charge on any atom is -0.380 e. The second-order valence-corrected chi connectivity index (χ2v) is 4.71. The normalized spacial score (nSPS) is 10.6. The van der Waals surface area contributed by atoms with Gasteiger partial charge in [0, 0.05) is 52.9 Å². The summed E-state index contributed by atoms with van der Waals surface area (Å²) < 4.78 is 10.7. The van der Waals surface area contributed by atoms with Crippen molar-refractivity contribution < 1.29 is 14.3 Å². The highest BCUT2D eigenvalue weighted by Gasteiger charge is 2.11. The summed E-state index contributed by atoms with van der Waals surface area (Å²) in [5.41, 5.74) is 0. The van der Waals surface area contributed by atoms with Crippen LogP contribution < -0.4 is 0 Å². The molecule has 1 amide bonds. The van der Waals surface area contributed by atoms with E-state index in [2.05, 4.69) is 4.90 Å². The monoisotopic (exact) mass is 299 g/mol. The Bertz CT molecular complexity index is 295. The molecule has 0 aromatic carbocycles. The van der Waals surface area contributed by atoms with E-state index in [-0.39, 0.29) is 5.91 Å². The van der Waals surface area contributed by atoms with Gasteiger partial charge in [-0.2, -0.15) is 5.26 Å². The Morgan fingerprint density at radius 3 is 2.10 bits per heavy atom. The fourth-order valence-electron chi connectivity index (χ4n) is 1.80. The van der Waals surface area contributed by atoms with Gasteiger partial charge in [0.05, 0.1) is 25.7 Å². The average molecular weight is 299 g/mol. The topological polar surface area (TPSA) is 65.8 Å². The van der Waals surface area contributed by atoms with Gasteiger partial charge in [-0.1, -0.05) is 0 Å². The summed E-state index contributed by atoms with van der Waals surface area (Å²) in [4.78, 5) is 15.7. The Hall–Kier alpha value is -1.16. The minimum atomic E-state index is 0.0723. The predicted octanol–water partition coefficient (Wildman–Crippen LogP) is 1.12. The van der Waals surface area contributed by atoms with Gasteiger partial charge in [0.1, 0.15) is 0 Å². The Morgan fingerprint density at radius 1 is 1.05 bits per heavy atom. The number of hydrogen-bond donors (Lipinski definition) is 0. The SMILES string of the molecule is CCOCCN(CCOCC)CCC(=O)N(C)CCC#N. The number of carbonyl (C=O) groups excluding carboxylic acids is 1. The van der Waals surface area contributed by atoms with E-state index in [0.29, 0.717) is 52.4 Å². The first-order valence-corrected chi connectivity index (χ1v) is 7.64. The minimum absolute atomic E-state index is 0.0723. The van der Waals surface area contributed by atoms with Crippen molar-refractivity contribution in [3.05, 3.63) is 0 Å². The van der Waals surface area contributed by atoms with Gasteiger partial charge in [0.2, 0.25) is 5.91 Å². The van der Waals surface area contributed by atoms with Crippen LogP contribution >= 0.6 is 0 Å². The number of rotatable bonds is 13. The van der Waals surface area contributed by atoms with Gasteiger partial charge in [-0.05, 0) is 13.8 Å². The van der Waals surface area contributed by atoms with Gasteiger partial charge in [-0.3, -0.25) is 9.69 Å². The number of amides is 1. The number of nitriles is 1. The molecule has 0 bridgehead atoms. The highest BCUT2D eigenvalue weighted by molar-refractivity contribution is 5.76. The zero-order valence-electron chi connectivity index (χ0n) is 13.6. The number of hydrogen-bond acceptors (Lipinski definition) is 5. The van der Waals surface area contributed by atoms with Crippen molar-refractivity contribution in [3.8, 4) is 6.07 Å². The molecule has 0 N–H and O–H groups in total. The molecule has 0 aromatic heterocycles. The molecule has 0 atom stereocenters. The summed E-state index contributed by atoms with van der Waals surface area (Å²) in [6.07, 6.45) is 0.834. The first kappa shape index (κ1) is 19.8. The van der Waals surface area contributed by atoms with E-state index in [1.54, 1.807) is 11.9 Å². The lowest BCUT2D eigenvalue weighted by Gasteiger charge is -2.23. The summed E-state index contributed by atoms with van der Waals surface area (Å²) >= 11 is 0. The molecule has 6 heteroatoms. The molecule has 0 saturated heterocycles. The maximum absolute atomic E-state index is 11.9. The fraction of sp³-hybridized carbons (Fsp3) is 0.867. The average Bonchev–Trinajstić information content (AvgIpc) is 2.49. The predicted molar refractivity (Wildman–Crippen MR) is 81.9 cm³/mol. The van der Waals surface area contributed by atoms with Gasteiger partial charge >= 0.3 is 0 Å². The van der Waals surface area contributed by atoms with E-state index in [4.69, 9.17) is 14.7 Å². The molecule has 0 radical (unpaired) electrons. The first-order chi connectivity index (χ1) is 10.2. The van der Waals surface area contributed by atoms with E-state index in [1.165, 1.54) is 0 Å². The van der Waals surface area contributed by atoms with Gasteiger partial charge in [0.15, 0.2) is 0 Å². The quantitative estimate of drug-likeness (QED) is 0.477. The first-order valence-electron chi connectivity index (χ1n) is 7.64. The van der Waals surface area contributed by atoms with Crippen LogP contribution in [0.2, 0.25) is 0 Å². The van der Waals surface area contributed by atoms with Gasteiger partial charge in [0.25, 0.3) is 0 Å². The lowest BCUT2D eigenvalue weighted by Crippen LogP contribution is -2.36. The van der Waals surface area contributed by atoms with Crippen LogP contribution in [0.3, 0.4) is 0 Å². The Balaban J connectivity index is 4.06. The molecule has 0 spiro atoms. The maximum Gasteiger partial charge on any atom is 0.223 e. The Labute approximate surface area is 128 Å². The van der Waals surface area contributed by atoms with E-state index in [1.807, 2.05) is 19.9 Å². The molecule has 0 rings (SSSR count). The molecule has 122 valence electrons. The molecule has 0 fully saturated rings. The third-order valence-corrected chi connectivity index (χ3v) is 3.14. The summed E-state index contributed by atoms with van der Waals surface area (Å²) in [6, 6.07) is 2.05. The molecule has 21 heavy (non-hydrogen) atoms. The second kappa shape index (κ2) is 13.8. The number of carbonyl (C=O) groups is 1. The highest BCUT2D eigenvalue weighted by Crippen LogP contribution is 1.98. The van der Waals surface area contributed by atoms with Crippen LogP contribution in [0.5, 0.6) is 0 Å². The number of ether oxygens (including phenoxy) is 2. The van der Waals surface area contributed by atoms with Crippen molar-refractivity contribution in [2.75, 3.05) is 59.7 Å². The lowest BCUT2D eigenvalue weighted by atomic mass is 10.3. The van der Waals surface area contributed by atoms with Crippen molar-refractivity contribution in [3.63, 3.8) is 0 Å². The summed E-state index contributed by atoms with van der Waals surface area (Å²) in [5.74, 6) is 0.0723. The van der Waals surface area contributed by atoms with Crippen LogP contribution in [-0.2, 0) is 14.3 Å². The molecule has 0 unspecified atom stereocenters. The molecular formula is C15H29N3O3. The summed E-state index contributed by atoms with van der Waals surface area (Å²) in [6.45, 7) is 9.47. The molecule has 0 aliphatic rings. The second-order valence-electron chi connectivity index (χ2n) is 4.71. The molecule has 0 saturated carbocycles. The Morgan fingerprint density at radius 2 is 1.62 bits per heavy atom. The van der Waals surface area contributed by atoms with Crippen LogP contribution in [0.1, 0.15) is 26.7 Å². The molecule has 0 aliphatic heterocycles. The summed E-state index contributed by atoms with van der Waals surface area (Å²) in [7, 11) is 1.74. The third kappa shape index (κ3) is 11.2. The third-order valence-electron chi connectivity index (χ3n) is 3.14. The zero-order chi connectivity index (χ0) is 15.9. The van der Waals surface area contributed by atoms with Crippen molar-refractivity contribution >= 4 is 5.91 Å². The highest BCUT2D eigenvalue weighted by atomic mass is 16.5. The molecule has 6 nitrogen and oxygen atoms in total. The fourth-order valence-corrected chi connectivity index (χ4v) is 1.80. The van der Waals surface area contributed by atoms with Crippen LogP contribution in [0.25, 0.3) is 0 Å². The van der Waals surface area contributed by atoms with Crippen molar-refractivity contribution in [2.24, 2.45) is 0 Å². The van der Waals surface area contributed by atoms with Gasteiger partial charge < -0.3 is 14.4 Å². The van der Waals surface area contributed by atoms with Crippen molar-refractivity contribution in [1.29, 1.82) is 5.26 Å². The largest absolute Gasteiger partial charge is 0.380 e.